The highest BCUT2D eigenvalue weighted by Gasteiger charge is 2.27. The molecule has 1 atom stereocenters. The molecule has 1 unspecified atom stereocenters. The van der Waals surface area contributed by atoms with E-state index in [9.17, 15) is 9.90 Å². The molecule has 8 nitrogen and oxygen atoms in total. The molecule has 130 valence electrons. The molecule has 3 N–H and O–H groups in total. The Kier molecular flexibility index (Phi) is 4.53. The summed E-state index contributed by atoms with van der Waals surface area (Å²) in [5, 5.41) is 20.1. The van der Waals surface area contributed by atoms with Crippen LogP contribution in [0.25, 0.3) is 11.4 Å². The molecule has 0 saturated heterocycles. The van der Waals surface area contributed by atoms with E-state index in [1.165, 1.54) is 6.26 Å². The Labute approximate surface area is 144 Å². The molecule has 0 fully saturated rings. The zero-order valence-corrected chi connectivity index (χ0v) is 13.9. The SMILES string of the molecule is Cn1cc(NC(=O)NCC(C)(O)c2ccco2)c(-c2ccccn2)n1. The van der Waals surface area contributed by atoms with Crippen molar-refractivity contribution in [3.05, 3.63) is 54.7 Å². The highest BCUT2D eigenvalue weighted by atomic mass is 16.4. The van der Waals surface area contributed by atoms with Gasteiger partial charge in [-0.3, -0.25) is 9.67 Å². The normalized spacial score (nSPS) is 13.2. The average Bonchev–Trinajstić information content (AvgIpc) is 3.24. The van der Waals surface area contributed by atoms with Gasteiger partial charge in [-0.25, -0.2) is 4.79 Å². The fourth-order valence-corrected chi connectivity index (χ4v) is 2.36. The lowest BCUT2D eigenvalue weighted by molar-refractivity contribution is 0.0372. The first-order chi connectivity index (χ1) is 12.0. The second kappa shape index (κ2) is 6.78. The summed E-state index contributed by atoms with van der Waals surface area (Å²) >= 11 is 0. The molecule has 0 aliphatic rings. The summed E-state index contributed by atoms with van der Waals surface area (Å²) in [6, 6.07) is 8.34. The summed E-state index contributed by atoms with van der Waals surface area (Å²) in [6.07, 6.45) is 4.82. The summed E-state index contributed by atoms with van der Waals surface area (Å²) < 4.78 is 6.78. The number of urea groups is 1. The summed E-state index contributed by atoms with van der Waals surface area (Å²) in [7, 11) is 1.76. The van der Waals surface area contributed by atoms with E-state index >= 15 is 0 Å². The summed E-state index contributed by atoms with van der Waals surface area (Å²) in [6.45, 7) is 1.56. The van der Waals surface area contributed by atoms with Gasteiger partial charge in [-0.15, -0.1) is 0 Å². The minimum atomic E-state index is -1.31. The minimum Gasteiger partial charge on any atom is -0.466 e. The van der Waals surface area contributed by atoms with Gasteiger partial charge in [0.25, 0.3) is 0 Å². The van der Waals surface area contributed by atoms with Crippen molar-refractivity contribution in [2.75, 3.05) is 11.9 Å². The Balaban J connectivity index is 1.68. The third-order valence-corrected chi connectivity index (χ3v) is 3.63. The number of rotatable bonds is 5. The van der Waals surface area contributed by atoms with E-state index in [4.69, 9.17) is 4.42 Å². The lowest BCUT2D eigenvalue weighted by Crippen LogP contribution is -2.40. The van der Waals surface area contributed by atoms with Crippen LogP contribution < -0.4 is 10.6 Å². The summed E-state index contributed by atoms with van der Waals surface area (Å²) in [4.78, 5) is 16.4. The van der Waals surface area contributed by atoms with Crippen molar-refractivity contribution in [2.45, 2.75) is 12.5 Å². The number of nitrogens with zero attached hydrogens (tertiary/aromatic N) is 3. The molecule has 8 heteroatoms. The first kappa shape index (κ1) is 16.7. The topological polar surface area (TPSA) is 105 Å². The van der Waals surface area contributed by atoms with Crippen molar-refractivity contribution in [2.24, 2.45) is 7.05 Å². The predicted octanol–water partition coefficient (Wildman–Crippen LogP) is 2.10. The Morgan fingerprint density at radius 1 is 1.36 bits per heavy atom. The monoisotopic (exact) mass is 341 g/mol. The molecule has 3 heterocycles. The van der Waals surface area contributed by atoms with Crippen molar-refractivity contribution in [3.8, 4) is 11.4 Å². The van der Waals surface area contributed by atoms with Crippen LogP contribution in [0.1, 0.15) is 12.7 Å². The Bertz CT molecular complexity index is 841. The maximum Gasteiger partial charge on any atom is 0.319 e. The van der Waals surface area contributed by atoms with Crippen LogP contribution in [0.3, 0.4) is 0 Å². The number of amides is 2. The standard InChI is InChI=1S/C17H19N5O3/c1-17(24,14-7-5-9-25-14)11-19-16(23)20-13-10-22(2)21-15(13)12-6-3-4-8-18-12/h3-10,24H,11H2,1-2H3,(H2,19,20,23). The van der Waals surface area contributed by atoms with Crippen LogP contribution >= 0.6 is 0 Å². The number of anilines is 1. The van der Waals surface area contributed by atoms with Crippen molar-refractivity contribution in [1.29, 1.82) is 0 Å². The highest BCUT2D eigenvalue weighted by Crippen LogP contribution is 2.24. The largest absolute Gasteiger partial charge is 0.466 e. The lowest BCUT2D eigenvalue weighted by Gasteiger charge is -2.21. The van der Waals surface area contributed by atoms with Crippen LogP contribution in [-0.4, -0.2) is 32.4 Å². The van der Waals surface area contributed by atoms with Crippen LogP contribution in [0.5, 0.6) is 0 Å². The van der Waals surface area contributed by atoms with Crippen molar-refractivity contribution in [3.63, 3.8) is 0 Å². The number of hydrogen-bond donors (Lipinski definition) is 3. The van der Waals surface area contributed by atoms with Crippen molar-refractivity contribution < 1.29 is 14.3 Å². The molecule has 0 bridgehead atoms. The number of furan rings is 1. The van der Waals surface area contributed by atoms with Crippen LogP contribution in [-0.2, 0) is 12.6 Å². The first-order valence-corrected chi connectivity index (χ1v) is 7.72. The van der Waals surface area contributed by atoms with E-state index in [0.717, 1.165) is 0 Å². The third kappa shape index (κ3) is 3.86. The maximum atomic E-state index is 12.2. The number of nitrogens with one attached hydrogen (secondary N) is 2. The van der Waals surface area contributed by atoms with Gasteiger partial charge < -0.3 is 20.2 Å². The van der Waals surface area contributed by atoms with Gasteiger partial charge in [0, 0.05) is 19.4 Å². The molecule has 3 aromatic heterocycles. The van der Waals surface area contributed by atoms with Gasteiger partial charge in [0.15, 0.2) is 0 Å². The van der Waals surface area contributed by atoms with E-state index in [1.54, 1.807) is 43.2 Å². The van der Waals surface area contributed by atoms with Gasteiger partial charge in [-0.2, -0.15) is 5.10 Å². The van der Waals surface area contributed by atoms with Gasteiger partial charge in [0.05, 0.1) is 24.2 Å². The van der Waals surface area contributed by atoms with Gasteiger partial charge >= 0.3 is 6.03 Å². The molecular weight excluding hydrogens is 322 g/mol. The van der Waals surface area contributed by atoms with Crippen molar-refractivity contribution >= 4 is 11.7 Å². The molecule has 0 spiro atoms. The third-order valence-electron chi connectivity index (χ3n) is 3.63. The highest BCUT2D eigenvalue weighted by molar-refractivity contribution is 5.93. The van der Waals surface area contributed by atoms with E-state index in [2.05, 4.69) is 20.7 Å². The van der Waals surface area contributed by atoms with Gasteiger partial charge in [-0.05, 0) is 31.2 Å². The number of carbonyl (C=O) groups excluding carboxylic acids is 1. The number of aryl methyl sites for hydroxylation is 1. The van der Waals surface area contributed by atoms with Crippen molar-refractivity contribution in [1.82, 2.24) is 20.1 Å². The smallest absolute Gasteiger partial charge is 0.319 e. The molecule has 25 heavy (non-hydrogen) atoms. The second-order valence-corrected chi connectivity index (χ2v) is 5.84. The fourth-order valence-electron chi connectivity index (χ4n) is 2.36. The first-order valence-electron chi connectivity index (χ1n) is 7.72. The Morgan fingerprint density at radius 3 is 2.88 bits per heavy atom. The second-order valence-electron chi connectivity index (χ2n) is 5.84. The van der Waals surface area contributed by atoms with Gasteiger partial charge in [0.2, 0.25) is 0 Å². The summed E-state index contributed by atoms with van der Waals surface area (Å²) in [5.74, 6) is 0.378. The predicted molar refractivity (Wildman–Crippen MR) is 91.7 cm³/mol. The number of hydrogen-bond acceptors (Lipinski definition) is 5. The van der Waals surface area contributed by atoms with E-state index in [0.29, 0.717) is 22.8 Å². The molecule has 3 rings (SSSR count). The molecule has 0 aromatic carbocycles. The van der Waals surface area contributed by atoms with Crippen LogP contribution in [0.4, 0.5) is 10.5 Å². The van der Waals surface area contributed by atoms with Crippen LogP contribution in [0, 0.1) is 0 Å². The lowest BCUT2D eigenvalue weighted by atomic mass is 10.0. The van der Waals surface area contributed by atoms with E-state index < -0.39 is 11.6 Å². The van der Waals surface area contributed by atoms with E-state index in [-0.39, 0.29) is 6.54 Å². The van der Waals surface area contributed by atoms with Crippen LogP contribution in [0.2, 0.25) is 0 Å². The average molecular weight is 341 g/mol. The Hall–Kier alpha value is -3.13. The Morgan fingerprint density at radius 2 is 2.20 bits per heavy atom. The molecule has 0 aliphatic heterocycles. The fraction of sp³-hybridized carbons (Fsp3) is 0.235. The quantitative estimate of drug-likeness (QED) is 0.659. The summed E-state index contributed by atoms with van der Waals surface area (Å²) in [5.41, 5.74) is 0.438. The van der Waals surface area contributed by atoms with Gasteiger partial charge in [0.1, 0.15) is 17.1 Å². The molecule has 0 aliphatic carbocycles. The maximum absolute atomic E-state index is 12.2. The molecule has 0 saturated carbocycles. The number of aliphatic hydroxyl groups is 1. The van der Waals surface area contributed by atoms with E-state index in [1.807, 2.05) is 18.2 Å². The van der Waals surface area contributed by atoms with Gasteiger partial charge in [-0.1, -0.05) is 6.07 Å². The minimum absolute atomic E-state index is 0.00840. The number of carbonyl (C=O) groups is 1. The zero-order valence-electron chi connectivity index (χ0n) is 13.9. The van der Waals surface area contributed by atoms with Crippen LogP contribution in [0.15, 0.2) is 53.4 Å². The molecule has 3 aromatic rings. The molecular formula is C17H19N5O3. The zero-order chi connectivity index (χ0) is 17.9. The number of aromatic nitrogens is 3. The number of pyridine rings is 1. The molecule has 0 radical (unpaired) electrons. The molecule has 2 amide bonds.